The molecule has 2 heteroatoms. The smallest absolute Gasteiger partial charge is 0.0226 e. The van der Waals surface area contributed by atoms with Gasteiger partial charge in [0.1, 0.15) is 0 Å². The molecular weight excluding hydrogens is 134 g/mol. The lowest BCUT2D eigenvalue weighted by Gasteiger charge is -2.10. The fourth-order valence-electron chi connectivity index (χ4n) is 0.894. The molecule has 0 fully saturated rings. The maximum Gasteiger partial charge on any atom is 0.0226 e. The van der Waals surface area contributed by atoms with Crippen LogP contribution in [0.3, 0.4) is 0 Å². The molecule has 0 radical (unpaired) electrons. The summed E-state index contributed by atoms with van der Waals surface area (Å²) in [7, 11) is 1.98. The van der Waals surface area contributed by atoms with Crippen molar-refractivity contribution in [2.45, 2.75) is 19.8 Å². The van der Waals surface area contributed by atoms with Crippen LogP contribution in [-0.4, -0.2) is 19.5 Å². The highest BCUT2D eigenvalue weighted by atomic mass is 35.5. The van der Waals surface area contributed by atoms with E-state index in [0.717, 1.165) is 24.8 Å². The van der Waals surface area contributed by atoms with E-state index in [0.29, 0.717) is 0 Å². The quantitative estimate of drug-likeness (QED) is 0.589. The minimum absolute atomic E-state index is 0.771. The molecule has 0 saturated carbocycles. The number of rotatable bonds is 5. The van der Waals surface area contributed by atoms with Gasteiger partial charge in [-0.1, -0.05) is 13.3 Å². The van der Waals surface area contributed by atoms with Gasteiger partial charge in [-0.2, -0.15) is 0 Å². The number of hydrogen-bond acceptors (Lipinski definition) is 1. The van der Waals surface area contributed by atoms with Crippen LogP contribution in [0.15, 0.2) is 0 Å². The number of halogens is 1. The van der Waals surface area contributed by atoms with Crippen LogP contribution >= 0.6 is 11.6 Å². The Balaban J connectivity index is 3.18. The summed E-state index contributed by atoms with van der Waals surface area (Å²) in [6.45, 7) is 3.30. The predicted molar refractivity (Wildman–Crippen MR) is 43.0 cm³/mol. The number of nitrogens with one attached hydrogen (secondary N) is 1. The second-order valence-electron chi connectivity index (χ2n) is 2.31. The summed E-state index contributed by atoms with van der Waals surface area (Å²) < 4.78 is 0. The minimum Gasteiger partial charge on any atom is -0.319 e. The Morgan fingerprint density at radius 2 is 2.22 bits per heavy atom. The van der Waals surface area contributed by atoms with E-state index >= 15 is 0 Å². The third-order valence-electron chi connectivity index (χ3n) is 1.59. The molecule has 1 N–H and O–H groups in total. The first-order chi connectivity index (χ1) is 4.35. The maximum absolute atomic E-state index is 5.58. The van der Waals surface area contributed by atoms with Crippen molar-refractivity contribution in [3.63, 3.8) is 0 Å². The predicted octanol–water partition coefficient (Wildman–Crippen LogP) is 1.86. The van der Waals surface area contributed by atoms with E-state index in [-0.39, 0.29) is 0 Å². The summed E-state index contributed by atoms with van der Waals surface area (Å²) in [6, 6.07) is 0. The average Bonchev–Trinajstić information content (AvgIpc) is 1.88. The first-order valence-corrected chi connectivity index (χ1v) is 4.09. The van der Waals surface area contributed by atoms with Crippen LogP contribution < -0.4 is 5.32 Å². The Labute approximate surface area is 62.8 Å². The SMILES string of the molecule is CCC(CCCl)CNC. The van der Waals surface area contributed by atoms with E-state index in [9.17, 15) is 0 Å². The van der Waals surface area contributed by atoms with Gasteiger partial charge in [-0.15, -0.1) is 11.6 Å². The number of alkyl halides is 1. The highest BCUT2D eigenvalue weighted by molar-refractivity contribution is 6.17. The van der Waals surface area contributed by atoms with Crippen molar-refractivity contribution in [3.8, 4) is 0 Å². The summed E-state index contributed by atoms with van der Waals surface area (Å²) in [5.74, 6) is 1.56. The van der Waals surface area contributed by atoms with Crippen molar-refractivity contribution in [2.24, 2.45) is 5.92 Å². The minimum atomic E-state index is 0.771. The molecule has 1 atom stereocenters. The van der Waals surface area contributed by atoms with E-state index in [1.807, 2.05) is 7.05 Å². The fourth-order valence-corrected chi connectivity index (χ4v) is 1.20. The van der Waals surface area contributed by atoms with E-state index in [4.69, 9.17) is 11.6 Å². The van der Waals surface area contributed by atoms with Crippen molar-refractivity contribution >= 4 is 11.6 Å². The van der Waals surface area contributed by atoms with Gasteiger partial charge < -0.3 is 5.32 Å². The summed E-state index contributed by atoms with van der Waals surface area (Å²) >= 11 is 5.58. The second-order valence-corrected chi connectivity index (χ2v) is 2.69. The zero-order chi connectivity index (χ0) is 7.11. The van der Waals surface area contributed by atoms with Crippen LogP contribution in [0.4, 0.5) is 0 Å². The van der Waals surface area contributed by atoms with Gasteiger partial charge in [0.25, 0.3) is 0 Å². The molecule has 0 rings (SSSR count). The second kappa shape index (κ2) is 6.37. The maximum atomic E-state index is 5.58. The van der Waals surface area contributed by atoms with Gasteiger partial charge in [0, 0.05) is 5.88 Å². The van der Waals surface area contributed by atoms with Gasteiger partial charge >= 0.3 is 0 Å². The normalized spacial score (nSPS) is 13.7. The third kappa shape index (κ3) is 4.73. The van der Waals surface area contributed by atoms with E-state index < -0.39 is 0 Å². The first kappa shape index (κ1) is 9.25. The van der Waals surface area contributed by atoms with Crippen molar-refractivity contribution in [3.05, 3.63) is 0 Å². The van der Waals surface area contributed by atoms with Crippen LogP contribution in [0, 0.1) is 5.92 Å². The molecule has 0 aromatic carbocycles. The molecule has 0 spiro atoms. The zero-order valence-corrected chi connectivity index (χ0v) is 7.04. The Hall–Kier alpha value is 0.250. The lowest BCUT2D eigenvalue weighted by molar-refractivity contribution is 0.472. The van der Waals surface area contributed by atoms with Crippen LogP contribution in [0.1, 0.15) is 19.8 Å². The van der Waals surface area contributed by atoms with Crippen LogP contribution in [0.5, 0.6) is 0 Å². The van der Waals surface area contributed by atoms with Gasteiger partial charge in [-0.25, -0.2) is 0 Å². The monoisotopic (exact) mass is 149 g/mol. The summed E-state index contributed by atoms with van der Waals surface area (Å²) in [4.78, 5) is 0. The van der Waals surface area contributed by atoms with Gasteiger partial charge in [-0.05, 0) is 25.9 Å². The lowest BCUT2D eigenvalue weighted by atomic mass is 10.0. The molecule has 0 amide bonds. The number of hydrogen-bond donors (Lipinski definition) is 1. The third-order valence-corrected chi connectivity index (χ3v) is 1.81. The van der Waals surface area contributed by atoms with Crippen molar-refractivity contribution < 1.29 is 0 Å². The summed E-state index contributed by atoms with van der Waals surface area (Å²) in [5.41, 5.74) is 0. The van der Waals surface area contributed by atoms with Gasteiger partial charge in [0.15, 0.2) is 0 Å². The molecule has 0 aliphatic rings. The van der Waals surface area contributed by atoms with Crippen molar-refractivity contribution in [1.29, 1.82) is 0 Å². The van der Waals surface area contributed by atoms with E-state index in [1.54, 1.807) is 0 Å². The fraction of sp³-hybridized carbons (Fsp3) is 1.00. The van der Waals surface area contributed by atoms with Gasteiger partial charge in [-0.3, -0.25) is 0 Å². The zero-order valence-electron chi connectivity index (χ0n) is 6.28. The standard InChI is InChI=1S/C7H16ClN/c1-3-7(4-5-8)6-9-2/h7,9H,3-6H2,1-2H3. The van der Waals surface area contributed by atoms with Crippen LogP contribution in [-0.2, 0) is 0 Å². The average molecular weight is 150 g/mol. The molecule has 0 heterocycles. The van der Waals surface area contributed by atoms with Crippen LogP contribution in [0.2, 0.25) is 0 Å². The molecular formula is C7H16ClN. The van der Waals surface area contributed by atoms with E-state index in [2.05, 4.69) is 12.2 Å². The topological polar surface area (TPSA) is 12.0 Å². The Morgan fingerprint density at radius 1 is 1.56 bits per heavy atom. The molecule has 0 aromatic heterocycles. The van der Waals surface area contributed by atoms with E-state index in [1.165, 1.54) is 6.42 Å². The molecule has 0 saturated heterocycles. The lowest BCUT2D eigenvalue weighted by Crippen LogP contribution is -2.18. The van der Waals surface area contributed by atoms with Crippen LogP contribution in [0.25, 0.3) is 0 Å². The molecule has 0 aromatic rings. The molecule has 9 heavy (non-hydrogen) atoms. The van der Waals surface area contributed by atoms with Gasteiger partial charge in [0.05, 0.1) is 0 Å². The Bertz CT molecular complexity index is 50.9. The summed E-state index contributed by atoms with van der Waals surface area (Å²) in [5, 5.41) is 3.14. The molecule has 0 aliphatic carbocycles. The summed E-state index contributed by atoms with van der Waals surface area (Å²) in [6.07, 6.45) is 2.37. The molecule has 1 nitrogen and oxygen atoms in total. The van der Waals surface area contributed by atoms with Gasteiger partial charge in [0.2, 0.25) is 0 Å². The Morgan fingerprint density at radius 3 is 2.56 bits per heavy atom. The molecule has 56 valence electrons. The highest BCUT2D eigenvalue weighted by Gasteiger charge is 2.01. The molecule has 0 aliphatic heterocycles. The molecule has 0 bridgehead atoms. The van der Waals surface area contributed by atoms with Crippen molar-refractivity contribution in [1.82, 2.24) is 5.32 Å². The largest absolute Gasteiger partial charge is 0.319 e. The van der Waals surface area contributed by atoms with Crippen molar-refractivity contribution in [2.75, 3.05) is 19.5 Å². The highest BCUT2D eigenvalue weighted by Crippen LogP contribution is 2.06. The Kier molecular flexibility index (Phi) is 6.55. The first-order valence-electron chi connectivity index (χ1n) is 3.55. The molecule has 1 unspecified atom stereocenters.